The summed E-state index contributed by atoms with van der Waals surface area (Å²) in [4.78, 5) is 23.0. The highest BCUT2D eigenvalue weighted by Crippen LogP contribution is 2.01. The zero-order valence-electron chi connectivity index (χ0n) is 10.1. The molecule has 1 unspecified atom stereocenters. The Kier molecular flexibility index (Phi) is 4.71. The Morgan fingerprint density at radius 1 is 1.58 bits per heavy atom. The molecule has 0 radical (unpaired) electrons. The van der Waals surface area contributed by atoms with E-state index >= 15 is 0 Å². The molecule has 0 fully saturated rings. The van der Waals surface area contributed by atoms with E-state index < -0.39 is 24.3 Å². The standard InChI is InChI=1S/C12H11N3O4/c1-8(14)9(6-13)11(16)7-19-12(17)10-4-2-3-5-15(10)18/h2-5,9,14H,7H2,1H3. The SMILES string of the molecule is CC(=N)C(C#N)C(=O)COC(=O)c1cccc[n+]1[O-]. The van der Waals surface area contributed by atoms with Crippen molar-refractivity contribution in [1.82, 2.24) is 0 Å². The van der Waals surface area contributed by atoms with Gasteiger partial charge in [-0.15, -0.1) is 0 Å². The summed E-state index contributed by atoms with van der Waals surface area (Å²) in [6.07, 6.45) is 1.12. The van der Waals surface area contributed by atoms with Crippen molar-refractivity contribution in [3.8, 4) is 6.07 Å². The van der Waals surface area contributed by atoms with Crippen LogP contribution < -0.4 is 4.73 Å². The number of ether oxygens (including phenoxy) is 1. The summed E-state index contributed by atoms with van der Waals surface area (Å²) in [5.41, 5.74) is -0.377. The zero-order chi connectivity index (χ0) is 14.4. The van der Waals surface area contributed by atoms with Gasteiger partial charge < -0.3 is 15.4 Å². The summed E-state index contributed by atoms with van der Waals surface area (Å²) in [7, 11) is 0. The second kappa shape index (κ2) is 6.26. The summed E-state index contributed by atoms with van der Waals surface area (Å²) < 4.78 is 4.96. The number of ketones is 1. The third kappa shape index (κ3) is 3.61. The van der Waals surface area contributed by atoms with Crippen LogP contribution in [-0.4, -0.2) is 24.1 Å². The van der Waals surface area contributed by atoms with Gasteiger partial charge in [0.15, 0.2) is 18.6 Å². The third-order valence-electron chi connectivity index (χ3n) is 2.26. The molecule has 7 nitrogen and oxygen atoms in total. The lowest BCUT2D eigenvalue weighted by atomic mass is 10.0. The molecule has 1 aromatic heterocycles. The number of nitrogens with one attached hydrogen (secondary N) is 1. The monoisotopic (exact) mass is 261 g/mol. The topological polar surface area (TPSA) is 118 Å². The molecule has 1 aromatic rings. The van der Waals surface area contributed by atoms with E-state index in [4.69, 9.17) is 10.7 Å². The van der Waals surface area contributed by atoms with Crippen molar-refractivity contribution < 1.29 is 19.1 Å². The van der Waals surface area contributed by atoms with Crippen molar-refractivity contribution in [2.75, 3.05) is 6.61 Å². The van der Waals surface area contributed by atoms with Crippen LogP contribution in [0.2, 0.25) is 0 Å². The predicted molar refractivity (Wildman–Crippen MR) is 63.2 cm³/mol. The van der Waals surface area contributed by atoms with E-state index in [2.05, 4.69) is 4.74 Å². The van der Waals surface area contributed by atoms with Crippen molar-refractivity contribution >= 4 is 17.5 Å². The highest BCUT2D eigenvalue weighted by molar-refractivity contribution is 6.06. The second-order valence-corrected chi connectivity index (χ2v) is 3.70. The van der Waals surface area contributed by atoms with Crippen molar-refractivity contribution in [3.05, 3.63) is 35.3 Å². The minimum Gasteiger partial charge on any atom is -0.618 e. The lowest BCUT2D eigenvalue weighted by Gasteiger charge is -2.07. The first kappa shape index (κ1) is 14.3. The molecule has 0 aliphatic carbocycles. The maximum absolute atomic E-state index is 11.5. The molecular formula is C12H11N3O4. The number of nitriles is 1. The highest BCUT2D eigenvalue weighted by Gasteiger charge is 2.23. The lowest BCUT2D eigenvalue weighted by Crippen LogP contribution is -2.35. The molecule has 98 valence electrons. The molecule has 0 spiro atoms. The number of hydrogen-bond donors (Lipinski definition) is 1. The number of pyridine rings is 1. The lowest BCUT2D eigenvalue weighted by molar-refractivity contribution is -0.608. The summed E-state index contributed by atoms with van der Waals surface area (Å²) in [5, 5.41) is 27.2. The number of hydrogen-bond acceptors (Lipinski definition) is 6. The normalized spacial score (nSPS) is 11.2. The molecule has 0 amide bonds. The summed E-state index contributed by atoms with van der Waals surface area (Å²) in [6.45, 7) is 0.665. The molecule has 0 bridgehead atoms. The summed E-state index contributed by atoms with van der Waals surface area (Å²) in [6, 6.07) is 5.82. The van der Waals surface area contributed by atoms with Crippen LogP contribution in [0.1, 0.15) is 17.4 Å². The van der Waals surface area contributed by atoms with E-state index in [-0.39, 0.29) is 11.4 Å². The maximum atomic E-state index is 11.5. The van der Waals surface area contributed by atoms with Gasteiger partial charge >= 0.3 is 11.7 Å². The highest BCUT2D eigenvalue weighted by atomic mass is 16.5. The number of esters is 1. The smallest absolute Gasteiger partial charge is 0.405 e. The van der Waals surface area contributed by atoms with Gasteiger partial charge in [-0.05, 0) is 13.0 Å². The Labute approximate surface area is 109 Å². The van der Waals surface area contributed by atoms with Crippen LogP contribution in [0.3, 0.4) is 0 Å². The van der Waals surface area contributed by atoms with Crippen molar-refractivity contribution in [2.24, 2.45) is 5.92 Å². The van der Waals surface area contributed by atoms with Crippen LogP contribution in [0.25, 0.3) is 0 Å². The van der Waals surface area contributed by atoms with E-state index in [0.717, 1.165) is 6.20 Å². The van der Waals surface area contributed by atoms with Gasteiger partial charge in [-0.1, -0.05) is 0 Å². The van der Waals surface area contributed by atoms with E-state index in [0.29, 0.717) is 4.73 Å². The number of carbonyl (C=O) groups excluding carboxylic acids is 2. The molecule has 0 aromatic carbocycles. The van der Waals surface area contributed by atoms with Crippen molar-refractivity contribution in [3.63, 3.8) is 0 Å². The van der Waals surface area contributed by atoms with Gasteiger partial charge in [0.05, 0.1) is 6.07 Å². The van der Waals surface area contributed by atoms with E-state index in [9.17, 15) is 14.8 Å². The van der Waals surface area contributed by atoms with E-state index in [1.54, 1.807) is 6.07 Å². The third-order valence-corrected chi connectivity index (χ3v) is 2.26. The minimum atomic E-state index is -1.23. The number of nitrogens with zero attached hydrogens (tertiary/aromatic N) is 2. The van der Waals surface area contributed by atoms with Crippen molar-refractivity contribution in [2.45, 2.75) is 6.92 Å². The van der Waals surface area contributed by atoms with Crippen molar-refractivity contribution in [1.29, 1.82) is 10.7 Å². The maximum Gasteiger partial charge on any atom is 0.405 e. The molecule has 0 saturated carbocycles. The summed E-state index contributed by atoms with van der Waals surface area (Å²) >= 11 is 0. The molecule has 1 heterocycles. The second-order valence-electron chi connectivity index (χ2n) is 3.70. The number of aromatic nitrogens is 1. The van der Waals surface area contributed by atoms with E-state index in [1.165, 1.54) is 25.1 Å². The Morgan fingerprint density at radius 2 is 2.26 bits per heavy atom. The van der Waals surface area contributed by atoms with Crippen LogP contribution in [0.15, 0.2) is 24.4 Å². The average molecular weight is 261 g/mol. The zero-order valence-corrected chi connectivity index (χ0v) is 10.1. The first-order valence-corrected chi connectivity index (χ1v) is 5.30. The number of carbonyl (C=O) groups is 2. The van der Waals surface area contributed by atoms with Crippen LogP contribution in [-0.2, 0) is 9.53 Å². The molecule has 7 heteroatoms. The Hall–Kier alpha value is -2.75. The fourth-order valence-corrected chi connectivity index (χ4v) is 1.29. The molecule has 0 aliphatic rings. The molecule has 0 aliphatic heterocycles. The number of rotatable bonds is 5. The van der Waals surface area contributed by atoms with Gasteiger partial charge in [0, 0.05) is 17.8 Å². The predicted octanol–water partition coefficient (Wildman–Crippen LogP) is 0.225. The minimum absolute atomic E-state index is 0.123. The van der Waals surface area contributed by atoms with E-state index in [1.807, 2.05) is 0 Å². The van der Waals surface area contributed by atoms with Crippen LogP contribution >= 0.6 is 0 Å². The van der Waals surface area contributed by atoms with Gasteiger partial charge in [0.25, 0.3) is 0 Å². The fourth-order valence-electron chi connectivity index (χ4n) is 1.29. The van der Waals surface area contributed by atoms with Crippen LogP contribution in [0, 0.1) is 27.9 Å². The number of Topliss-reactive ketones (excluding diaryl/α,β-unsaturated/α-hetero) is 1. The van der Waals surface area contributed by atoms with Crippen LogP contribution in [0.4, 0.5) is 0 Å². The molecule has 19 heavy (non-hydrogen) atoms. The molecule has 1 N–H and O–H groups in total. The van der Waals surface area contributed by atoms with Gasteiger partial charge in [-0.3, -0.25) is 4.79 Å². The quantitative estimate of drug-likeness (QED) is 0.352. The Morgan fingerprint density at radius 3 is 2.79 bits per heavy atom. The molecular weight excluding hydrogens is 250 g/mol. The first-order valence-electron chi connectivity index (χ1n) is 5.30. The average Bonchev–Trinajstić information content (AvgIpc) is 2.37. The Bertz CT molecular complexity index is 562. The van der Waals surface area contributed by atoms with Gasteiger partial charge in [0.1, 0.15) is 5.92 Å². The first-order chi connectivity index (χ1) is 8.97. The van der Waals surface area contributed by atoms with Gasteiger partial charge in [0.2, 0.25) is 0 Å². The van der Waals surface area contributed by atoms with Gasteiger partial charge in [-0.25, -0.2) is 4.79 Å². The summed E-state index contributed by atoms with van der Waals surface area (Å²) in [5.74, 6) is -2.89. The Balaban J connectivity index is 2.66. The molecule has 1 atom stereocenters. The largest absolute Gasteiger partial charge is 0.618 e. The fraction of sp³-hybridized carbons (Fsp3) is 0.250. The van der Waals surface area contributed by atoms with Gasteiger partial charge in [-0.2, -0.15) is 9.99 Å². The molecule has 0 saturated heterocycles. The van der Waals surface area contributed by atoms with Crippen LogP contribution in [0.5, 0.6) is 0 Å². The molecule has 1 rings (SSSR count).